The number of aromatic amines is 1. The van der Waals surface area contributed by atoms with Gasteiger partial charge in [0.1, 0.15) is 0 Å². The Balaban J connectivity index is 2.23. The van der Waals surface area contributed by atoms with E-state index in [1.54, 1.807) is 39.8 Å². The van der Waals surface area contributed by atoms with E-state index in [9.17, 15) is 9.59 Å². The number of ketones is 1. The molecule has 0 spiro atoms. The molecule has 0 aliphatic rings. The smallest absolute Gasteiger partial charge is 0.340 e. The number of carbonyl (C=O) groups is 2. The van der Waals surface area contributed by atoms with Crippen LogP contribution in [0.15, 0.2) is 24.3 Å². The summed E-state index contributed by atoms with van der Waals surface area (Å²) < 4.78 is 5.05. The van der Waals surface area contributed by atoms with E-state index in [1.165, 1.54) is 0 Å². The Kier molecular flexibility index (Phi) is 5.67. The zero-order valence-electron chi connectivity index (χ0n) is 14.2. The van der Waals surface area contributed by atoms with Crippen molar-refractivity contribution in [2.24, 2.45) is 0 Å². The predicted octanol–water partition coefficient (Wildman–Crippen LogP) is 4.14. The summed E-state index contributed by atoms with van der Waals surface area (Å²) in [5.74, 6) is -0.552. The summed E-state index contributed by atoms with van der Waals surface area (Å²) in [6, 6.07) is 6.69. The molecule has 0 amide bonds. The lowest BCUT2D eigenvalue weighted by Gasteiger charge is -2.14. The molecule has 1 aromatic heterocycles. The number of Topliss-reactive ketones (excluding diaryl/α,β-unsaturated/α-hetero) is 1. The predicted molar refractivity (Wildman–Crippen MR) is 95.1 cm³/mol. The van der Waals surface area contributed by atoms with Crippen LogP contribution in [0.1, 0.15) is 46.0 Å². The van der Waals surface area contributed by atoms with Crippen LogP contribution in [0, 0.1) is 13.8 Å². The first-order valence-corrected chi connectivity index (χ1v) is 8.15. The van der Waals surface area contributed by atoms with Crippen molar-refractivity contribution in [3.8, 4) is 0 Å². The summed E-state index contributed by atoms with van der Waals surface area (Å²) in [7, 11) is 0. The second-order valence-corrected chi connectivity index (χ2v) is 6.02. The highest BCUT2D eigenvalue weighted by atomic mass is 35.5. The third-order valence-electron chi connectivity index (χ3n) is 3.76. The number of carbonyl (C=O) groups excluding carboxylic acids is 2. The minimum absolute atomic E-state index is 0.133. The van der Waals surface area contributed by atoms with Crippen LogP contribution >= 0.6 is 11.6 Å². The Bertz CT molecular complexity index is 768. The number of hydrogen-bond acceptors (Lipinski definition) is 4. The highest BCUT2D eigenvalue weighted by Gasteiger charge is 2.25. The van der Waals surface area contributed by atoms with Gasteiger partial charge in [0.25, 0.3) is 0 Å². The molecule has 0 radical (unpaired) electrons. The summed E-state index contributed by atoms with van der Waals surface area (Å²) in [5.41, 5.74) is 2.84. The van der Waals surface area contributed by atoms with Crippen molar-refractivity contribution in [2.75, 3.05) is 11.9 Å². The van der Waals surface area contributed by atoms with E-state index in [2.05, 4.69) is 10.3 Å². The fraction of sp³-hybridized carbons (Fsp3) is 0.333. The molecule has 1 atom stereocenters. The third kappa shape index (κ3) is 3.79. The number of halogens is 1. The van der Waals surface area contributed by atoms with Crippen molar-refractivity contribution in [3.05, 3.63) is 51.8 Å². The molecule has 1 heterocycles. The lowest BCUT2D eigenvalue weighted by atomic mass is 10.0. The Hall–Kier alpha value is -2.27. The van der Waals surface area contributed by atoms with Crippen molar-refractivity contribution in [1.29, 1.82) is 0 Å². The highest BCUT2D eigenvalue weighted by molar-refractivity contribution is 6.30. The molecule has 2 N–H and O–H groups in total. The molecule has 0 aliphatic heterocycles. The Morgan fingerprint density at radius 3 is 2.67 bits per heavy atom. The number of nitrogens with one attached hydrogen (secondary N) is 2. The standard InChI is InChI=1S/C18H21ClN2O3/c1-5-24-18(23)15-10(2)16(21-11(15)3)17(22)12(4)20-14-8-6-7-13(19)9-14/h6-9,12,20-21H,5H2,1-4H3/t12-/m0/s1. The van der Waals surface area contributed by atoms with Crippen LogP contribution in [0.5, 0.6) is 0 Å². The van der Waals surface area contributed by atoms with E-state index >= 15 is 0 Å². The zero-order valence-corrected chi connectivity index (χ0v) is 15.0. The SMILES string of the molecule is CCOC(=O)c1c(C)[nH]c(C(=O)[C@H](C)Nc2cccc(Cl)c2)c1C. The van der Waals surface area contributed by atoms with Crippen LogP contribution in [0.3, 0.4) is 0 Å². The van der Waals surface area contributed by atoms with Gasteiger partial charge in [-0.3, -0.25) is 4.79 Å². The Labute approximate surface area is 146 Å². The minimum atomic E-state index is -0.477. The second kappa shape index (κ2) is 7.53. The molecule has 24 heavy (non-hydrogen) atoms. The molecule has 0 fully saturated rings. The lowest BCUT2D eigenvalue weighted by molar-refractivity contribution is 0.0525. The van der Waals surface area contributed by atoms with Crippen LogP contribution in [-0.2, 0) is 4.74 Å². The fourth-order valence-corrected chi connectivity index (χ4v) is 2.81. The number of aromatic nitrogens is 1. The highest BCUT2D eigenvalue weighted by Crippen LogP contribution is 2.22. The first-order chi connectivity index (χ1) is 11.3. The van der Waals surface area contributed by atoms with Crippen molar-refractivity contribution in [1.82, 2.24) is 4.98 Å². The summed E-state index contributed by atoms with van der Waals surface area (Å²) in [5, 5.41) is 3.71. The number of aryl methyl sites for hydroxylation is 1. The summed E-state index contributed by atoms with van der Waals surface area (Å²) in [6.07, 6.45) is 0. The second-order valence-electron chi connectivity index (χ2n) is 5.59. The van der Waals surface area contributed by atoms with Crippen LogP contribution in [-0.4, -0.2) is 29.4 Å². The maximum absolute atomic E-state index is 12.7. The average molecular weight is 349 g/mol. The van der Waals surface area contributed by atoms with Gasteiger partial charge in [0.05, 0.1) is 23.9 Å². The monoisotopic (exact) mass is 348 g/mol. The summed E-state index contributed by atoms with van der Waals surface area (Å²) in [6.45, 7) is 7.31. The number of hydrogen-bond donors (Lipinski definition) is 2. The molecule has 1 aromatic carbocycles. The number of H-pyrrole nitrogens is 1. The molecular formula is C18H21ClN2O3. The van der Waals surface area contributed by atoms with Crippen molar-refractivity contribution >= 4 is 29.0 Å². The quantitative estimate of drug-likeness (QED) is 0.607. The first-order valence-electron chi connectivity index (χ1n) is 7.77. The maximum atomic E-state index is 12.7. The maximum Gasteiger partial charge on any atom is 0.340 e. The van der Waals surface area contributed by atoms with Crippen molar-refractivity contribution in [2.45, 2.75) is 33.7 Å². The van der Waals surface area contributed by atoms with E-state index in [0.717, 1.165) is 5.69 Å². The molecule has 0 aliphatic carbocycles. The molecule has 0 saturated heterocycles. The molecular weight excluding hydrogens is 328 g/mol. The fourth-order valence-electron chi connectivity index (χ4n) is 2.62. The van der Waals surface area contributed by atoms with Gasteiger partial charge in [-0.05, 0) is 51.5 Å². The van der Waals surface area contributed by atoms with E-state index in [0.29, 0.717) is 34.1 Å². The van der Waals surface area contributed by atoms with Gasteiger partial charge in [0, 0.05) is 16.4 Å². The molecule has 0 bridgehead atoms. The Morgan fingerprint density at radius 1 is 1.33 bits per heavy atom. The number of rotatable bonds is 6. The zero-order chi connectivity index (χ0) is 17.9. The normalized spacial score (nSPS) is 11.9. The van der Waals surface area contributed by atoms with Gasteiger partial charge in [0.15, 0.2) is 0 Å². The van der Waals surface area contributed by atoms with Gasteiger partial charge >= 0.3 is 5.97 Å². The molecule has 2 aromatic rings. The molecule has 128 valence electrons. The third-order valence-corrected chi connectivity index (χ3v) is 4.00. The van der Waals surface area contributed by atoms with Crippen LogP contribution in [0.4, 0.5) is 5.69 Å². The van der Waals surface area contributed by atoms with Crippen LogP contribution in [0.2, 0.25) is 5.02 Å². The summed E-state index contributed by atoms with van der Waals surface area (Å²) in [4.78, 5) is 27.8. The topological polar surface area (TPSA) is 71.2 Å². The minimum Gasteiger partial charge on any atom is -0.462 e. The van der Waals surface area contributed by atoms with Crippen molar-refractivity contribution < 1.29 is 14.3 Å². The van der Waals surface area contributed by atoms with Crippen LogP contribution in [0.25, 0.3) is 0 Å². The van der Waals surface area contributed by atoms with Gasteiger partial charge in [-0.15, -0.1) is 0 Å². The molecule has 0 unspecified atom stereocenters. The first kappa shape index (κ1) is 18.1. The van der Waals surface area contributed by atoms with E-state index in [1.807, 2.05) is 12.1 Å². The Morgan fingerprint density at radius 2 is 2.04 bits per heavy atom. The average Bonchev–Trinajstić information content (AvgIpc) is 2.81. The van der Waals surface area contributed by atoms with Gasteiger partial charge in [-0.2, -0.15) is 0 Å². The van der Waals surface area contributed by atoms with E-state index < -0.39 is 12.0 Å². The largest absolute Gasteiger partial charge is 0.462 e. The molecule has 0 saturated carbocycles. The van der Waals surface area contributed by atoms with Crippen molar-refractivity contribution in [3.63, 3.8) is 0 Å². The number of ether oxygens (including phenoxy) is 1. The lowest BCUT2D eigenvalue weighted by Crippen LogP contribution is -2.27. The van der Waals surface area contributed by atoms with Gasteiger partial charge in [0.2, 0.25) is 5.78 Å². The van der Waals surface area contributed by atoms with E-state index in [-0.39, 0.29) is 5.78 Å². The van der Waals surface area contributed by atoms with Crippen LogP contribution < -0.4 is 5.32 Å². The summed E-state index contributed by atoms with van der Waals surface area (Å²) >= 11 is 5.96. The van der Waals surface area contributed by atoms with E-state index in [4.69, 9.17) is 16.3 Å². The number of benzene rings is 1. The molecule has 6 heteroatoms. The number of anilines is 1. The van der Waals surface area contributed by atoms with Gasteiger partial charge < -0.3 is 15.0 Å². The molecule has 5 nitrogen and oxygen atoms in total. The van der Waals surface area contributed by atoms with Gasteiger partial charge in [-0.25, -0.2) is 4.79 Å². The number of esters is 1. The van der Waals surface area contributed by atoms with Gasteiger partial charge in [-0.1, -0.05) is 17.7 Å². The molecule has 2 rings (SSSR count).